The van der Waals surface area contributed by atoms with Gasteiger partial charge in [-0.3, -0.25) is 4.79 Å². The Bertz CT molecular complexity index is 784. The quantitative estimate of drug-likeness (QED) is 0.667. The second-order valence-electron chi connectivity index (χ2n) is 7.33. The molecule has 0 radical (unpaired) electrons. The van der Waals surface area contributed by atoms with Crippen LogP contribution in [-0.4, -0.2) is 81.4 Å². The first-order chi connectivity index (χ1) is 13.4. The second kappa shape index (κ2) is 9.21. The third-order valence-electron chi connectivity index (χ3n) is 5.33. The average Bonchev–Trinajstić information content (AvgIpc) is 2.70. The first-order valence-corrected chi connectivity index (χ1v) is 11.0. The lowest BCUT2D eigenvalue weighted by atomic mass is 10.0. The maximum absolute atomic E-state index is 13.0. The summed E-state index contributed by atoms with van der Waals surface area (Å²) in [6.45, 7) is 2.53. The van der Waals surface area contributed by atoms with Crippen LogP contribution in [0.2, 0.25) is 0 Å². The molecule has 3 rings (SSSR count). The van der Waals surface area contributed by atoms with E-state index in [1.807, 2.05) is 24.3 Å². The number of rotatable bonds is 7. The summed E-state index contributed by atoms with van der Waals surface area (Å²) in [4.78, 5) is 14.3. The van der Waals surface area contributed by atoms with Crippen LogP contribution in [0.1, 0.15) is 18.4 Å². The van der Waals surface area contributed by atoms with Crippen molar-refractivity contribution >= 4 is 16.1 Å². The lowest BCUT2D eigenvalue weighted by Crippen LogP contribution is -2.56. The Labute approximate surface area is 167 Å². The number of carbonyl (C=O) groups is 1. The van der Waals surface area contributed by atoms with Gasteiger partial charge in [0, 0.05) is 39.8 Å². The van der Waals surface area contributed by atoms with E-state index in [1.165, 1.54) is 8.61 Å². The van der Waals surface area contributed by atoms with E-state index in [9.17, 15) is 13.2 Å². The van der Waals surface area contributed by atoms with Crippen LogP contribution < -0.4 is 4.74 Å². The van der Waals surface area contributed by atoms with Gasteiger partial charge in [-0.05, 0) is 36.5 Å². The molecule has 2 aliphatic heterocycles. The van der Waals surface area contributed by atoms with E-state index in [2.05, 4.69) is 0 Å². The van der Waals surface area contributed by atoms with Crippen molar-refractivity contribution in [2.45, 2.75) is 19.4 Å². The summed E-state index contributed by atoms with van der Waals surface area (Å²) < 4.78 is 39.2. The van der Waals surface area contributed by atoms with E-state index in [1.54, 1.807) is 19.1 Å². The van der Waals surface area contributed by atoms with Gasteiger partial charge in [-0.15, -0.1) is 0 Å². The summed E-state index contributed by atoms with van der Waals surface area (Å²) >= 11 is 0. The number of hydrogen-bond donors (Lipinski definition) is 0. The van der Waals surface area contributed by atoms with Gasteiger partial charge >= 0.3 is 0 Å². The molecular weight excluding hydrogens is 382 g/mol. The molecule has 2 fully saturated rings. The van der Waals surface area contributed by atoms with Crippen LogP contribution in [0.4, 0.5) is 0 Å². The fourth-order valence-electron chi connectivity index (χ4n) is 3.81. The van der Waals surface area contributed by atoms with Crippen molar-refractivity contribution in [3.8, 4) is 5.75 Å². The molecule has 1 aromatic rings. The van der Waals surface area contributed by atoms with Crippen molar-refractivity contribution in [2.75, 3.05) is 53.6 Å². The van der Waals surface area contributed by atoms with Crippen LogP contribution in [0.3, 0.4) is 0 Å². The largest absolute Gasteiger partial charge is 0.497 e. The van der Waals surface area contributed by atoms with E-state index >= 15 is 0 Å². The van der Waals surface area contributed by atoms with Crippen LogP contribution >= 0.6 is 0 Å². The Hall–Kier alpha value is -1.68. The molecular formula is C19H29N3O5S. The fraction of sp³-hybridized carbons (Fsp3) is 0.632. The third-order valence-corrected chi connectivity index (χ3v) is 7.28. The van der Waals surface area contributed by atoms with Crippen LogP contribution in [0.5, 0.6) is 5.75 Å². The molecule has 2 aliphatic rings. The van der Waals surface area contributed by atoms with Gasteiger partial charge < -0.3 is 14.4 Å². The Balaban J connectivity index is 1.61. The summed E-state index contributed by atoms with van der Waals surface area (Å²) in [5.74, 6) is 0.767. The monoisotopic (exact) mass is 411 g/mol. The van der Waals surface area contributed by atoms with Gasteiger partial charge in [0.05, 0.1) is 20.3 Å². The number of hydrogen-bond acceptors (Lipinski definition) is 5. The zero-order valence-electron chi connectivity index (χ0n) is 16.5. The molecule has 2 saturated heterocycles. The van der Waals surface area contributed by atoms with E-state index in [0.29, 0.717) is 39.3 Å². The SMILES string of the molecule is COCC1CCCN(S(=O)(=O)N2CCN(Cc3cccc(OC)c3)C(=O)C2)C1. The predicted octanol–water partition coefficient (Wildman–Crippen LogP) is 0.943. The number of benzene rings is 1. The summed E-state index contributed by atoms with van der Waals surface area (Å²) in [6, 6.07) is 7.56. The highest BCUT2D eigenvalue weighted by Crippen LogP contribution is 2.23. The number of piperidine rings is 1. The average molecular weight is 412 g/mol. The first kappa shape index (κ1) is 21.0. The maximum Gasteiger partial charge on any atom is 0.282 e. The number of amides is 1. The van der Waals surface area contributed by atoms with Crippen molar-refractivity contribution in [3.63, 3.8) is 0 Å². The molecule has 0 aliphatic carbocycles. The van der Waals surface area contributed by atoms with E-state index < -0.39 is 10.2 Å². The van der Waals surface area contributed by atoms with Gasteiger partial charge in [-0.25, -0.2) is 0 Å². The van der Waals surface area contributed by atoms with E-state index in [0.717, 1.165) is 24.2 Å². The maximum atomic E-state index is 13.0. The Morgan fingerprint density at radius 3 is 2.68 bits per heavy atom. The Morgan fingerprint density at radius 2 is 1.96 bits per heavy atom. The van der Waals surface area contributed by atoms with Gasteiger partial charge in [0.15, 0.2) is 0 Å². The van der Waals surface area contributed by atoms with Crippen molar-refractivity contribution < 1.29 is 22.7 Å². The standard InChI is InChI=1S/C19H29N3O5S/c1-26-15-17-6-4-8-21(13-17)28(24,25)22-10-9-20(19(23)14-22)12-16-5-3-7-18(11-16)27-2/h3,5,7,11,17H,4,6,8-10,12-15H2,1-2H3. The molecule has 0 spiro atoms. The highest BCUT2D eigenvalue weighted by Gasteiger charge is 2.37. The lowest BCUT2D eigenvalue weighted by molar-refractivity contribution is -0.134. The van der Waals surface area contributed by atoms with Gasteiger partial charge in [0.25, 0.3) is 10.2 Å². The third kappa shape index (κ3) is 4.83. The van der Waals surface area contributed by atoms with Crippen LogP contribution in [0.25, 0.3) is 0 Å². The topological polar surface area (TPSA) is 79.4 Å². The zero-order valence-corrected chi connectivity index (χ0v) is 17.4. The number of methoxy groups -OCH3 is 2. The zero-order chi connectivity index (χ0) is 20.1. The van der Waals surface area contributed by atoms with Gasteiger partial charge in [-0.1, -0.05) is 12.1 Å². The Kier molecular flexibility index (Phi) is 6.92. The molecule has 2 heterocycles. The molecule has 1 amide bonds. The molecule has 9 heteroatoms. The van der Waals surface area contributed by atoms with E-state index in [-0.39, 0.29) is 18.4 Å². The molecule has 0 bridgehead atoms. The number of ether oxygens (including phenoxy) is 2. The minimum atomic E-state index is -3.63. The molecule has 8 nitrogen and oxygen atoms in total. The molecule has 156 valence electrons. The molecule has 1 unspecified atom stereocenters. The minimum absolute atomic E-state index is 0.113. The van der Waals surface area contributed by atoms with Crippen molar-refractivity contribution in [2.24, 2.45) is 5.92 Å². The van der Waals surface area contributed by atoms with E-state index in [4.69, 9.17) is 9.47 Å². The molecule has 28 heavy (non-hydrogen) atoms. The number of piperazine rings is 1. The molecule has 0 aromatic heterocycles. The molecule has 0 N–H and O–H groups in total. The Morgan fingerprint density at radius 1 is 1.14 bits per heavy atom. The highest BCUT2D eigenvalue weighted by atomic mass is 32.2. The van der Waals surface area contributed by atoms with Crippen molar-refractivity contribution in [3.05, 3.63) is 29.8 Å². The first-order valence-electron chi connectivity index (χ1n) is 9.59. The van der Waals surface area contributed by atoms with Crippen molar-refractivity contribution in [1.29, 1.82) is 0 Å². The van der Waals surface area contributed by atoms with Gasteiger partial charge in [-0.2, -0.15) is 17.0 Å². The second-order valence-corrected chi connectivity index (χ2v) is 9.26. The van der Waals surface area contributed by atoms with Gasteiger partial charge in [0.2, 0.25) is 5.91 Å². The number of carbonyl (C=O) groups excluding carboxylic acids is 1. The summed E-state index contributed by atoms with van der Waals surface area (Å²) in [5, 5.41) is 0. The summed E-state index contributed by atoms with van der Waals surface area (Å²) in [5.41, 5.74) is 0.961. The fourth-order valence-corrected chi connectivity index (χ4v) is 5.49. The lowest BCUT2D eigenvalue weighted by Gasteiger charge is -2.38. The summed E-state index contributed by atoms with van der Waals surface area (Å²) in [7, 11) is -0.397. The normalized spacial score (nSPS) is 22.4. The van der Waals surface area contributed by atoms with Gasteiger partial charge in [0.1, 0.15) is 5.75 Å². The van der Waals surface area contributed by atoms with Crippen LogP contribution in [0, 0.1) is 5.92 Å². The minimum Gasteiger partial charge on any atom is -0.497 e. The summed E-state index contributed by atoms with van der Waals surface area (Å²) in [6.07, 6.45) is 1.78. The highest BCUT2D eigenvalue weighted by molar-refractivity contribution is 7.86. The van der Waals surface area contributed by atoms with Crippen molar-refractivity contribution in [1.82, 2.24) is 13.5 Å². The van der Waals surface area contributed by atoms with Crippen LogP contribution in [0.15, 0.2) is 24.3 Å². The smallest absolute Gasteiger partial charge is 0.282 e. The van der Waals surface area contributed by atoms with Crippen LogP contribution in [-0.2, 0) is 26.3 Å². The molecule has 0 saturated carbocycles. The predicted molar refractivity (Wildman–Crippen MR) is 105 cm³/mol. The molecule has 1 aromatic carbocycles. The molecule has 1 atom stereocenters. The number of nitrogens with zero attached hydrogens (tertiary/aromatic N) is 3.